The van der Waals surface area contributed by atoms with E-state index in [0.29, 0.717) is 13.1 Å². The van der Waals surface area contributed by atoms with Gasteiger partial charge in [-0.15, -0.1) is 5.10 Å². The third-order valence-electron chi connectivity index (χ3n) is 4.27. The van der Waals surface area contributed by atoms with Crippen molar-refractivity contribution in [2.24, 2.45) is 5.41 Å². The minimum atomic E-state index is -1.09. The highest BCUT2D eigenvalue weighted by molar-refractivity contribution is 5.73. The van der Waals surface area contributed by atoms with Gasteiger partial charge in [0.15, 0.2) is 0 Å². The molecule has 2 aromatic rings. The highest BCUT2D eigenvalue weighted by Crippen LogP contribution is 2.29. The molecule has 0 aliphatic heterocycles. The van der Waals surface area contributed by atoms with E-state index in [1.807, 2.05) is 45.0 Å². The summed E-state index contributed by atoms with van der Waals surface area (Å²) in [6.45, 7) is 9.94. The van der Waals surface area contributed by atoms with Crippen LogP contribution in [0.5, 0.6) is 0 Å². The maximum absolute atomic E-state index is 11.0. The first-order valence-electron chi connectivity index (χ1n) is 8.59. The zero-order valence-corrected chi connectivity index (χ0v) is 15.1. The molecule has 5 heteroatoms. The molecule has 1 aromatic heterocycles. The van der Waals surface area contributed by atoms with Gasteiger partial charge in [-0.05, 0) is 25.1 Å². The number of hydrogen-bond acceptors (Lipinski definition) is 4. The van der Waals surface area contributed by atoms with Gasteiger partial charge in [-0.3, -0.25) is 0 Å². The molecule has 1 heterocycles. The second kappa shape index (κ2) is 7.78. The minimum Gasteiger partial charge on any atom is -0.376 e. The number of aromatic nitrogens is 3. The van der Waals surface area contributed by atoms with Crippen molar-refractivity contribution < 1.29 is 5.11 Å². The molecular formula is C19H28N4O. The van der Waals surface area contributed by atoms with Crippen LogP contribution in [0.3, 0.4) is 0 Å². The Labute approximate surface area is 144 Å². The molecule has 0 saturated heterocycles. The quantitative estimate of drug-likeness (QED) is 0.632. The van der Waals surface area contributed by atoms with Crippen molar-refractivity contribution in [3.05, 3.63) is 24.3 Å². The van der Waals surface area contributed by atoms with Gasteiger partial charge in [0.1, 0.15) is 17.7 Å². The summed E-state index contributed by atoms with van der Waals surface area (Å²) in [5.74, 6) is 6.16. The fourth-order valence-corrected chi connectivity index (χ4v) is 2.36. The number of aliphatic hydroxyl groups is 1. The van der Waals surface area contributed by atoms with Crippen LogP contribution in [0.2, 0.25) is 0 Å². The highest BCUT2D eigenvalue weighted by atomic mass is 16.3. The van der Waals surface area contributed by atoms with Crippen molar-refractivity contribution >= 4 is 11.0 Å². The third-order valence-corrected chi connectivity index (χ3v) is 4.27. The number of rotatable bonds is 6. The lowest BCUT2D eigenvalue weighted by atomic mass is 9.76. The molecule has 0 radical (unpaired) electrons. The van der Waals surface area contributed by atoms with Gasteiger partial charge < -0.3 is 10.4 Å². The Morgan fingerprint density at radius 3 is 2.71 bits per heavy atom. The Bertz CT molecular complexity index is 720. The number of nitrogens with zero attached hydrogens (tertiary/aromatic N) is 3. The molecule has 2 rings (SSSR count). The second-order valence-corrected chi connectivity index (χ2v) is 7.18. The second-order valence-electron chi connectivity index (χ2n) is 7.18. The number of fused-ring (bicyclic) bond motifs is 1. The molecule has 0 fully saturated rings. The summed E-state index contributed by atoms with van der Waals surface area (Å²) in [4.78, 5) is 0. The van der Waals surface area contributed by atoms with Crippen molar-refractivity contribution in [2.75, 3.05) is 13.1 Å². The van der Waals surface area contributed by atoms with E-state index < -0.39 is 5.60 Å². The lowest BCUT2D eigenvalue weighted by Crippen LogP contribution is -2.49. The predicted octanol–water partition coefficient (Wildman–Crippen LogP) is 2.60. The first kappa shape index (κ1) is 18.4. The molecule has 0 bridgehead atoms. The molecular weight excluding hydrogens is 300 g/mol. The molecule has 0 amide bonds. The van der Waals surface area contributed by atoms with E-state index in [1.165, 1.54) is 0 Å². The van der Waals surface area contributed by atoms with Gasteiger partial charge in [0.05, 0.1) is 5.52 Å². The minimum absolute atomic E-state index is 0.344. The molecule has 2 N–H and O–H groups in total. The molecule has 1 atom stereocenters. The smallest absolute Gasteiger partial charge is 0.142 e. The molecule has 24 heavy (non-hydrogen) atoms. The van der Waals surface area contributed by atoms with Crippen LogP contribution in [0, 0.1) is 17.3 Å². The maximum Gasteiger partial charge on any atom is 0.142 e. The van der Waals surface area contributed by atoms with Gasteiger partial charge in [-0.2, -0.15) is 0 Å². The first-order chi connectivity index (χ1) is 11.4. The third kappa shape index (κ3) is 4.34. The van der Waals surface area contributed by atoms with Crippen molar-refractivity contribution in [3.63, 3.8) is 0 Å². The largest absolute Gasteiger partial charge is 0.376 e. The molecule has 1 unspecified atom stereocenters. The Morgan fingerprint density at radius 1 is 1.25 bits per heavy atom. The van der Waals surface area contributed by atoms with Crippen LogP contribution in [0.4, 0.5) is 0 Å². The number of para-hydroxylation sites is 1. The highest BCUT2D eigenvalue weighted by Gasteiger charge is 2.38. The van der Waals surface area contributed by atoms with Crippen LogP contribution in [-0.4, -0.2) is 38.8 Å². The topological polar surface area (TPSA) is 63.0 Å². The lowest BCUT2D eigenvalue weighted by Gasteiger charge is -2.36. The van der Waals surface area contributed by atoms with Crippen molar-refractivity contribution in [1.29, 1.82) is 0 Å². The van der Waals surface area contributed by atoms with Gasteiger partial charge in [-0.1, -0.05) is 63.3 Å². The van der Waals surface area contributed by atoms with E-state index in [2.05, 4.69) is 34.4 Å². The standard InChI is InChI=1S/C19H28N4O/c1-5-6-13-20-15-19(24,18(2,3)4)12-9-14-23-17-11-8-7-10-16(17)21-22-23/h7-8,10-11,20,24H,5-6,13-15H2,1-4H3. The van der Waals surface area contributed by atoms with Gasteiger partial charge in [-0.25, -0.2) is 4.68 Å². The predicted molar refractivity (Wildman–Crippen MR) is 97.5 cm³/mol. The Kier molecular flexibility index (Phi) is 5.98. The van der Waals surface area contributed by atoms with Crippen LogP contribution in [0.1, 0.15) is 40.5 Å². The van der Waals surface area contributed by atoms with Crippen molar-refractivity contribution in [1.82, 2.24) is 20.3 Å². The van der Waals surface area contributed by atoms with Crippen LogP contribution in [-0.2, 0) is 6.54 Å². The number of unbranched alkanes of at least 4 members (excludes halogenated alkanes) is 1. The Balaban J connectivity index is 2.11. The van der Waals surface area contributed by atoms with Crippen molar-refractivity contribution in [2.45, 2.75) is 52.7 Å². The van der Waals surface area contributed by atoms with Crippen LogP contribution in [0.15, 0.2) is 24.3 Å². The fourth-order valence-electron chi connectivity index (χ4n) is 2.36. The van der Waals surface area contributed by atoms with E-state index in [-0.39, 0.29) is 5.41 Å². The molecule has 0 aliphatic rings. The van der Waals surface area contributed by atoms with Gasteiger partial charge in [0.2, 0.25) is 0 Å². The summed E-state index contributed by atoms with van der Waals surface area (Å²) in [5, 5.41) is 22.6. The molecule has 0 aliphatic carbocycles. The summed E-state index contributed by atoms with van der Waals surface area (Å²) in [7, 11) is 0. The van der Waals surface area contributed by atoms with Crippen LogP contribution >= 0.6 is 0 Å². The summed E-state index contributed by atoms with van der Waals surface area (Å²) < 4.78 is 1.76. The summed E-state index contributed by atoms with van der Waals surface area (Å²) in [5.41, 5.74) is 0.375. The average molecular weight is 328 g/mol. The zero-order chi connectivity index (χ0) is 17.6. The number of benzene rings is 1. The zero-order valence-electron chi connectivity index (χ0n) is 15.1. The van der Waals surface area contributed by atoms with Crippen LogP contribution < -0.4 is 5.32 Å². The summed E-state index contributed by atoms with van der Waals surface area (Å²) in [6.07, 6.45) is 2.23. The maximum atomic E-state index is 11.0. The van der Waals surface area contributed by atoms with E-state index in [1.54, 1.807) is 4.68 Å². The molecule has 0 spiro atoms. The van der Waals surface area contributed by atoms with Gasteiger partial charge in [0, 0.05) is 12.0 Å². The molecule has 5 nitrogen and oxygen atoms in total. The van der Waals surface area contributed by atoms with Gasteiger partial charge >= 0.3 is 0 Å². The van der Waals surface area contributed by atoms with E-state index >= 15 is 0 Å². The molecule has 1 aromatic carbocycles. The number of nitrogens with one attached hydrogen (secondary N) is 1. The normalized spacial score (nSPS) is 14.2. The van der Waals surface area contributed by atoms with E-state index in [9.17, 15) is 5.11 Å². The Morgan fingerprint density at radius 2 is 2.00 bits per heavy atom. The summed E-state index contributed by atoms with van der Waals surface area (Å²) in [6, 6.07) is 7.79. The van der Waals surface area contributed by atoms with Gasteiger partial charge in [0.25, 0.3) is 0 Å². The molecule has 130 valence electrons. The SMILES string of the molecule is CCCCNCC(O)(C#CCn1nnc2ccccc21)C(C)(C)C. The van der Waals surface area contributed by atoms with Crippen LogP contribution in [0.25, 0.3) is 11.0 Å². The van der Waals surface area contributed by atoms with Crippen molar-refractivity contribution in [3.8, 4) is 11.8 Å². The average Bonchev–Trinajstić information content (AvgIpc) is 2.94. The summed E-state index contributed by atoms with van der Waals surface area (Å²) >= 11 is 0. The first-order valence-corrected chi connectivity index (χ1v) is 8.59. The monoisotopic (exact) mass is 328 g/mol. The lowest BCUT2D eigenvalue weighted by molar-refractivity contribution is -0.00335. The van der Waals surface area contributed by atoms with E-state index in [0.717, 1.165) is 30.4 Å². The van der Waals surface area contributed by atoms with E-state index in [4.69, 9.17) is 0 Å². The molecule has 0 saturated carbocycles. The number of hydrogen-bond donors (Lipinski definition) is 2. The Hall–Kier alpha value is -1.90. The fraction of sp³-hybridized carbons (Fsp3) is 0.579.